The Morgan fingerprint density at radius 1 is 1.10 bits per heavy atom. The number of benzene rings is 1. The number of aromatic nitrogens is 2. The van der Waals surface area contributed by atoms with Crippen LogP contribution in [0.25, 0.3) is 0 Å². The van der Waals surface area contributed by atoms with E-state index in [2.05, 4.69) is 16.9 Å². The van der Waals surface area contributed by atoms with Crippen LogP contribution in [0.5, 0.6) is 6.01 Å². The van der Waals surface area contributed by atoms with Gasteiger partial charge in [0.1, 0.15) is 5.56 Å². The Labute approximate surface area is 170 Å². The van der Waals surface area contributed by atoms with Crippen LogP contribution < -0.4 is 9.64 Å². The van der Waals surface area contributed by atoms with E-state index in [0.29, 0.717) is 18.2 Å². The average molecular weight is 407 g/mol. The standard InChI is InChI=1S/C22H28F3N3O/c1-3-4-7-14-29-21-26-15-19(22(23,24)25)20(27-21)28(2)18-12-10-17(11-13-18)16-8-5-6-9-16/h10-13,15-16H,3-9,14H2,1-2H3. The minimum Gasteiger partial charge on any atom is -0.463 e. The molecule has 0 aliphatic heterocycles. The molecule has 0 amide bonds. The van der Waals surface area contributed by atoms with Crippen molar-refractivity contribution in [2.45, 2.75) is 64.0 Å². The molecule has 1 fully saturated rings. The lowest BCUT2D eigenvalue weighted by Gasteiger charge is -2.23. The van der Waals surface area contributed by atoms with Gasteiger partial charge < -0.3 is 9.64 Å². The largest absolute Gasteiger partial charge is 0.463 e. The molecule has 0 saturated heterocycles. The molecule has 1 aromatic heterocycles. The lowest BCUT2D eigenvalue weighted by molar-refractivity contribution is -0.137. The normalized spacial score (nSPS) is 14.9. The zero-order valence-corrected chi connectivity index (χ0v) is 17.0. The minimum absolute atomic E-state index is 0.0291. The average Bonchev–Trinajstić information content (AvgIpc) is 3.25. The van der Waals surface area contributed by atoms with Crippen molar-refractivity contribution in [1.29, 1.82) is 0 Å². The first-order chi connectivity index (χ1) is 13.9. The topological polar surface area (TPSA) is 38.2 Å². The molecule has 2 aromatic rings. The van der Waals surface area contributed by atoms with Crippen LogP contribution in [0.4, 0.5) is 24.7 Å². The Bertz CT molecular complexity index is 787. The Kier molecular flexibility index (Phi) is 6.98. The second kappa shape index (κ2) is 9.46. The summed E-state index contributed by atoms with van der Waals surface area (Å²) in [5.41, 5.74) is 1.02. The number of anilines is 2. The summed E-state index contributed by atoms with van der Waals surface area (Å²) in [6.07, 6.45) is 3.93. The SMILES string of the molecule is CCCCCOc1ncc(C(F)(F)F)c(N(C)c2ccc(C3CCCC3)cc2)n1. The van der Waals surface area contributed by atoms with Crippen LogP contribution in [0.3, 0.4) is 0 Å². The van der Waals surface area contributed by atoms with Gasteiger partial charge in [-0.1, -0.05) is 44.7 Å². The molecule has 1 aliphatic rings. The number of alkyl halides is 3. The Morgan fingerprint density at radius 3 is 2.41 bits per heavy atom. The van der Waals surface area contributed by atoms with Crippen molar-refractivity contribution in [2.24, 2.45) is 0 Å². The van der Waals surface area contributed by atoms with Crippen molar-refractivity contribution in [3.63, 3.8) is 0 Å². The summed E-state index contributed by atoms with van der Waals surface area (Å²) >= 11 is 0. The maximum Gasteiger partial charge on any atom is 0.421 e. The zero-order chi connectivity index (χ0) is 20.9. The number of rotatable bonds is 8. The Morgan fingerprint density at radius 2 is 1.79 bits per heavy atom. The minimum atomic E-state index is -4.55. The van der Waals surface area contributed by atoms with Crippen LogP contribution in [0.1, 0.15) is 68.9 Å². The molecule has 1 aliphatic carbocycles. The Balaban J connectivity index is 1.83. The molecule has 0 radical (unpaired) electrons. The predicted octanol–water partition coefficient (Wildman–Crippen LogP) is 6.49. The molecule has 158 valence electrons. The van der Waals surface area contributed by atoms with Gasteiger partial charge in [0, 0.05) is 18.9 Å². The van der Waals surface area contributed by atoms with E-state index < -0.39 is 11.7 Å². The summed E-state index contributed by atoms with van der Waals surface area (Å²) in [5.74, 6) is 0.355. The van der Waals surface area contributed by atoms with E-state index in [-0.39, 0.29) is 11.8 Å². The van der Waals surface area contributed by atoms with Gasteiger partial charge in [0.15, 0.2) is 5.82 Å². The molecule has 29 heavy (non-hydrogen) atoms. The highest BCUT2D eigenvalue weighted by atomic mass is 19.4. The van der Waals surface area contributed by atoms with Crippen molar-refractivity contribution in [3.8, 4) is 6.01 Å². The van der Waals surface area contributed by atoms with Gasteiger partial charge in [-0.25, -0.2) is 4.98 Å². The summed E-state index contributed by atoms with van der Waals surface area (Å²) in [5, 5.41) is 0. The molecular weight excluding hydrogens is 379 g/mol. The summed E-state index contributed by atoms with van der Waals surface area (Å²) in [4.78, 5) is 9.30. The van der Waals surface area contributed by atoms with E-state index in [1.165, 1.54) is 36.1 Å². The molecule has 0 unspecified atom stereocenters. The molecule has 0 spiro atoms. The molecule has 1 heterocycles. The lowest BCUT2D eigenvalue weighted by atomic mass is 9.97. The monoisotopic (exact) mass is 407 g/mol. The molecule has 0 N–H and O–H groups in total. The second-order valence-electron chi connectivity index (χ2n) is 7.58. The number of hydrogen-bond donors (Lipinski definition) is 0. The van der Waals surface area contributed by atoms with Crippen molar-refractivity contribution in [3.05, 3.63) is 41.6 Å². The molecule has 3 rings (SSSR count). The quantitative estimate of drug-likeness (QED) is 0.469. The summed E-state index contributed by atoms with van der Waals surface area (Å²) < 4.78 is 46.1. The third kappa shape index (κ3) is 5.40. The van der Waals surface area contributed by atoms with Crippen LogP contribution in [0, 0.1) is 0 Å². The van der Waals surface area contributed by atoms with Crippen molar-refractivity contribution < 1.29 is 17.9 Å². The van der Waals surface area contributed by atoms with Crippen molar-refractivity contribution >= 4 is 11.5 Å². The van der Waals surface area contributed by atoms with Crippen LogP contribution in [0.15, 0.2) is 30.5 Å². The zero-order valence-electron chi connectivity index (χ0n) is 17.0. The predicted molar refractivity (Wildman–Crippen MR) is 108 cm³/mol. The van der Waals surface area contributed by atoms with Gasteiger partial charge in [-0.15, -0.1) is 0 Å². The summed E-state index contributed by atoms with van der Waals surface area (Å²) in [6, 6.07) is 7.71. The van der Waals surface area contributed by atoms with Gasteiger partial charge in [0.2, 0.25) is 0 Å². The molecule has 1 saturated carbocycles. The molecule has 0 bridgehead atoms. The highest BCUT2D eigenvalue weighted by Gasteiger charge is 2.36. The number of ether oxygens (including phenoxy) is 1. The van der Waals surface area contributed by atoms with E-state index in [1.807, 2.05) is 24.3 Å². The molecule has 0 atom stereocenters. The third-order valence-electron chi connectivity index (χ3n) is 5.46. The first-order valence-electron chi connectivity index (χ1n) is 10.3. The van der Waals surface area contributed by atoms with Crippen LogP contribution >= 0.6 is 0 Å². The van der Waals surface area contributed by atoms with E-state index in [0.717, 1.165) is 25.5 Å². The van der Waals surface area contributed by atoms with E-state index in [9.17, 15) is 13.2 Å². The van der Waals surface area contributed by atoms with E-state index in [1.54, 1.807) is 7.05 Å². The van der Waals surface area contributed by atoms with Gasteiger partial charge in [-0.3, -0.25) is 0 Å². The van der Waals surface area contributed by atoms with Gasteiger partial charge in [-0.2, -0.15) is 18.2 Å². The fraction of sp³-hybridized carbons (Fsp3) is 0.545. The van der Waals surface area contributed by atoms with Crippen LogP contribution in [0.2, 0.25) is 0 Å². The first-order valence-corrected chi connectivity index (χ1v) is 10.3. The number of hydrogen-bond acceptors (Lipinski definition) is 4. The van der Waals surface area contributed by atoms with Crippen molar-refractivity contribution in [2.75, 3.05) is 18.6 Å². The fourth-order valence-electron chi connectivity index (χ4n) is 3.75. The molecular formula is C22H28F3N3O. The van der Waals surface area contributed by atoms with Gasteiger partial charge >= 0.3 is 12.2 Å². The number of nitrogens with zero attached hydrogens (tertiary/aromatic N) is 3. The summed E-state index contributed by atoms with van der Waals surface area (Å²) in [7, 11) is 1.59. The van der Waals surface area contributed by atoms with E-state index >= 15 is 0 Å². The lowest BCUT2D eigenvalue weighted by Crippen LogP contribution is -2.19. The van der Waals surface area contributed by atoms with Gasteiger partial charge in [0.05, 0.1) is 6.61 Å². The maximum atomic E-state index is 13.5. The molecule has 4 nitrogen and oxygen atoms in total. The van der Waals surface area contributed by atoms with Crippen LogP contribution in [-0.2, 0) is 6.18 Å². The molecule has 7 heteroatoms. The summed E-state index contributed by atoms with van der Waals surface area (Å²) in [6.45, 7) is 2.46. The van der Waals surface area contributed by atoms with Crippen LogP contribution in [-0.4, -0.2) is 23.6 Å². The highest BCUT2D eigenvalue weighted by molar-refractivity contribution is 5.63. The highest BCUT2D eigenvalue weighted by Crippen LogP contribution is 2.39. The molecule has 1 aromatic carbocycles. The number of halogens is 3. The van der Waals surface area contributed by atoms with Crippen molar-refractivity contribution in [1.82, 2.24) is 9.97 Å². The van der Waals surface area contributed by atoms with Gasteiger partial charge in [-0.05, 0) is 42.9 Å². The van der Waals surface area contributed by atoms with E-state index in [4.69, 9.17) is 4.74 Å². The fourth-order valence-corrected chi connectivity index (χ4v) is 3.75. The number of unbranched alkanes of at least 4 members (excludes halogenated alkanes) is 2. The second-order valence-corrected chi connectivity index (χ2v) is 7.58. The smallest absolute Gasteiger partial charge is 0.421 e. The maximum absolute atomic E-state index is 13.5. The van der Waals surface area contributed by atoms with Gasteiger partial charge in [0.25, 0.3) is 0 Å². The Hall–Kier alpha value is -2.31. The first kappa shape index (κ1) is 21.4. The third-order valence-corrected chi connectivity index (χ3v) is 5.46.